The molecule has 0 radical (unpaired) electrons. The number of carbonyl (C=O) groups excluding carboxylic acids is 5. The minimum absolute atomic E-state index is 0.0648. The van der Waals surface area contributed by atoms with E-state index in [0.29, 0.717) is 0 Å². The number of hydrogen-bond acceptors (Lipinski definition) is 21. The Kier molecular flexibility index (Phi) is 19.5. The van der Waals surface area contributed by atoms with E-state index >= 15 is 0 Å². The Morgan fingerprint density at radius 2 is 0.569 bits per heavy atom. The highest BCUT2D eigenvalue weighted by Crippen LogP contribution is 2.34. The third kappa shape index (κ3) is 13.0. The summed E-state index contributed by atoms with van der Waals surface area (Å²) in [4.78, 5) is 71.3. The average Bonchev–Trinajstić information content (AvgIpc) is 3.42. The lowest BCUT2D eigenvalue weighted by Gasteiger charge is -2.35. The zero-order chi connectivity index (χ0) is 52.5. The summed E-state index contributed by atoms with van der Waals surface area (Å²) >= 11 is 0. The Labute approximate surface area is 414 Å². The first-order chi connectivity index (χ1) is 34.7. The van der Waals surface area contributed by atoms with Gasteiger partial charge in [-0.25, -0.2) is 24.0 Å². The third-order valence-electron chi connectivity index (χ3n) is 10.7. The smallest absolute Gasteiger partial charge is 0.338 e. The van der Waals surface area contributed by atoms with Crippen LogP contribution in [0.15, 0.2) is 91.0 Å². The maximum atomic E-state index is 14.5. The van der Waals surface area contributed by atoms with Crippen LogP contribution in [0.1, 0.15) is 51.8 Å². The van der Waals surface area contributed by atoms with E-state index in [1.54, 1.807) is 0 Å². The minimum Gasteiger partial charge on any atom is -0.493 e. The van der Waals surface area contributed by atoms with Crippen molar-refractivity contribution in [1.29, 1.82) is 0 Å². The molecular formula is C51H54O21. The second-order valence-electron chi connectivity index (χ2n) is 14.8. The van der Waals surface area contributed by atoms with E-state index in [4.69, 9.17) is 71.1 Å². The van der Waals surface area contributed by atoms with Crippen molar-refractivity contribution < 1.29 is 100 Å². The Morgan fingerprint density at radius 3 is 0.833 bits per heavy atom. The van der Waals surface area contributed by atoms with E-state index < -0.39 is 67.5 Å². The number of rotatable bonds is 25. The van der Waals surface area contributed by atoms with Crippen LogP contribution in [0.2, 0.25) is 0 Å². The predicted octanol–water partition coefficient (Wildman–Crippen LogP) is 5.82. The van der Waals surface area contributed by atoms with Gasteiger partial charge in [-0.3, -0.25) is 0 Å². The van der Waals surface area contributed by atoms with Gasteiger partial charge in [-0.05, 0) is 91.0 Å². The lowest BCUT2D eigenvalue weighted by molar-refractivity contribution is -0.137. The number of aliphatic hydroxyl groups excluding tert-OH is 1. The molecule has 0 fully saturated rings. The van der Waals surface area contributed by atoms with E-state index in [2.05, 4.69) is 0 Å². The summed E-state index contributed by atoms with van der Waals surface area (Å²) in [5, 5.41) is 11.2. The van der Waals surface area contributed by atoms with Crippen LogP contribution in [-0.2, 0) is 23.7 Å². The number of methoxy groups -OCH3 is 10. The second-order valence-corrected chi connectivity index (χ2v) is 14.8. The molecule has 384 valence electrons. The molecule has 0 saturated heterocycles. The molecule has 0 bridgehead atoms. The number of esters is 5. The van der Waals surface area contributed by atoms with Crippen LogP contribution < -0.4 is 47.4 Å². The second kappa shape index (κ2) is 25.9. The standard InChI is InChI=1S/C51H54O21/c1-58-33-16-11-28(21-38(33)63-6)47(53)68-27-44(70-49(55)30-13-18-35(60-3)40(23-30)65-8)46(72-51(57)32-15-20-37(62-5)42(25-32)67-10)45(71-50(56)31-14-19-36(61-4)41(24-31)66-9)43(26-52)69-48(54)29-12-17-34(59-2)39(22-29)64-7/h11-25,43-46,52H,26-27H2,1-10H3/t43-,44+,45-,46-/m1/s1. The highest BCUT2D eigenvalue weighted by atomic mass is 16.6. The van der Waals surface area contributed by atoms with Gasteiger partial charge in [0.1, 0.15) is 6.61 Å². The van der Waals surface area contributed by atoms with Crippen molar-refractivity contribution in [3.8, 4) is 57.5 Å². The molecule has 5 aromatic carbocycles. The van der Waals surface area contributed by atoms with Crippen LogP contribution in [0.25, 0.3) is 0 Å². The fourth-order valence-corrected chi connectivity index (χ4v) is 6.96. The minimum atomic E-state index is -2.15. The summed E-state index contributed by atoms with van der Waals surface area (Å²) < 4.78 is 83.6. The normalized spacial score (nSPS) is 12.3. The molecule has 1 N–H and O–H groups in total. The highest BCUT2D eigenvalue weighted by Gasteiger charge is 2.46. The van der Waals surface area contributed by atoms with Gasteiger partial charge < -0.3 is 76.2 Å². The molecule has 21 nitrogen and oxygen atoms in total. The van der Waals surface area contributed by atoms with E-state index in [9.17, 15) is 29.1 Å². The maximum absolute atomic E-state index is 14.5. The van der Waals surface area contributed by atoms with Crippen LogP contribution in [0.5, 0.6) is 57.5 Å². The molecule has 0 aliphatic heterocycles. The van der Waals surface area contributed by atoms with E-state index in [-0.39, 0.29) is 85.3 Å². The van der Waals surface area contributed by atoms with Crippen molar-refractivity contribution in [3.05, 3.63) is 119 Å². The topological polar surface area (TPSA) is 244 Å². The summed E-state index contributed by atoms with van der Waals surface area (Å²) in [6.45, 7) is -2.09. The van der Waals surface area contributed by atoms with Crippen molar-refractivity contribution in [2.75, 3.05) is 84.3 Å². The van der Waals surface area contributed by atoms with Crippen LogP contribution >= 0.6 is 0 Å². The average molecular weight is 1000 g/mol. The summed E-state index contributed by atoms with van der Waals surface area (Å²) in [5.41, 5.74) is -0.700. The molecule has 0 unspecified atom stereocenters. The van der Waals surface area contributed by atoms with E-state index in [0.717, 1.165) is 0 Å². The number of carbonyl (C=O) groups is 5. The van der Waals surface area contributed by atoms with Gasteiger partial charge in [0.25, 0.3) is 0 Å². The molecule has 0 aliphatic carbocycles. The summed E-state index contributed by atoms with van der Waals surface area (Å²) in [7, 11) is 13.6. The zero-order valence-corrected chi connectivity index (χ0v) is 41.0. The van der Waals surface area contributed by atoms with Gasteiger partial charge in [-0.15, -0.1) is 0 Å². The number of hydrogen-bond donors (Lipinski definition) is 1. The van der Waals surface area contributed by atoms with Gasteiger partial charge in [0.05, 0.1) is 106 Å². The molecule has 0 aliphatic rings. The van der Waals surface area contributed by atoms with Crippen molar-refractivity contribution in [1.82, 2.24) is 0 Å². The van der Waals surface area contributed by atoms with Gasteiger partial charge in [0.15, 0.2) is 81.9 Å². The summed E-state index contributed by atoms with van der Waals surface area (Å²) in [6.07, 6.45) is -8.24. The van der Waals surface area contributed by atoms with Crippen molar-refractivity contribution in [2.45, 2.75) is 24.4 Å². The largest absolute Gasteiger partial charge is 0.493 e. The maximum Gasteiger partial charge on any atom is 0.338 e. The number of benzene rings is 5. The molecule has 0 saturated carbocycles. The molecule has 4 atom stereocenters. The highest BCUT2D eigenvalue weighted by molar-refractivity contribution is 5.93. The van der Waals surface area contributed by atoms with Gasteiger partial charge in [-0.1, -0.05) is 0 Å². The van der Waals surface area contributed by atoms with Crippen molar-refractivity contribution >= 4 is 29.8 Å². The molecule has 0 amide bonds. The molecule has 72 heavy (non-hydrogen) atoms. The quantitative estimate of drug-likeness (QED) is 0.0534. The van der Waals surface area contributed by atoms with E-state index in [1.165, 1.54) is 162 Å². The first-order valence-corrected chi connectivity index (χ1v) is 21.5. The SMILES string of the molecule is COc1ccc(C(=O)OC[C@H](OC(=O)c2ccc(OC)c(OC)c2)[C@@H](OC(=O)c2ccc(OC)c(OC)c2)[C@H](OC(=O)c2ccc(OC)c(OC)c2)[C@@H](CO)OC(=O)c2ccc(OC)c(OC)c2)cc1OC. The lowest BCUT2D eigenvalue weighted by atomic mass is 10.0. The van der Waals surface area contributed by atoms with E-state index in [1.807, 2.05) is 0 Å². The molecule has 0 heterocycles. The Bertz CT molecular complexity index is 2700. The number of ether oxygens (including phenoxy) is 15. The first-order valence-electron chi connectivity index (χ1n) is 21.5. The Balaban J connectivity index is 1.73. The zero-order valence-electron chi connectivity index (χ0n) is 41.0. The van der Waals surface area contributed by atoms with Crippen molar-refractivity contribution in [3.63, 3.8) is 0 Å². The fraction of sp³-hybridized carbons (Fsp3) is 0.314. The fourth-order valence-electron chi connectivity index (χ4n) is 6.96. The van der Waals surface area contributed by atoms with Gasteiger partial charge in [-0.2, -0.15) is 0 Å². The van der Waals surface area contributed by atoms with Crippen molar-refractivity contribution in [2.24, 2.45) is 0 Å². The molecule has 5 rings (SSSR count). The van der Waals surface area contributed by atoms with Crippen LogP contribution in [0.3, 0.4) is 0 Å². The van der Waals surface area contributed by atoms with Gasteiger partial charge in [0, 0.05) is 0 Å². The Hall–Kier alpha value is -8.59. The molecule has 21 heteroatoms. The summed E-state index contributed by atoms with van der Waals surface area (Å²) in [6, 6.07) is 20.2. The number of aliphatic hydroxyl groups is 1. The third-order valence-corrected chi connectivity index (χ3v) is 10.7. The molecule has 5 aromatic rings. The molecule has 0 spiro atoms. The van der Waals surface area contributed by atoms with Crippen LogP contribution in [-0.4, -0.2) is 144 Å². The Morgan fingerprint density at radius 1 is 0.333 bits per heavy atom. The summed E-state index contributed by atoms with van der Waals surface area (Å²) in [5.74, 6) is -3.70. The lowest BCUT2D eigenvalue weighted by Crippen LogP contribution is -2.54. The predicted molar refractivity (Wildman–Crippen MR) is 252 cm³/mol. The van der Waals surface area contributed by atoms with Gasteiger partial charge >= 0.3 is 29.8 Å². The van der Waals surface area contributed by atoms with Gasteiger partial charge in [0.2, 0.25) is 0 Å². The monoisotopic (exact) mass is 1000 g/mol. The molecule has 0 aromatic heterocycles. The molecular weight excluding hydrogens is 949 g/mol. The van der Waals surface area contributed by atoms with Crippen LogP contribution in [0.4, 0.5) is 0 Å². The van der Waals surface area contributed by atoms with Crippen LogP contribution in [0, 0.1) is 0 Å². The first kappa shape index (κ1) is 54.4.